The number of para-hydroxylation sites is 1. The highest BCUT2D eigenvalue weighted by atomic mass is 15.3. The van der Waals surface area contributed by atoms with Gasteiger partial charge in [-0.25, -0.2) is 4.98 Å². The molecule has 0 spiro atoms. The predicted octanol–water partition coefficient (Wildman–Crippen LogP) is 4.05. The fourth-order valence-corrected chi connectivity index (χ4v) is 3.55. The smallest absolute Gasteiger partial charge is 0.227 e. The standard InChI is InChI=1S/C23H27N5/c1-3-28(20-12-8-5-9-13-20)22-18-21(19-10-6-4-7-11-19)24-23(25-22)27-16-14-26(2)15-17-27/h4-13,18H,3,14-17H2,1-2H3. The van der Waals surface area contributed by atoms with E-state index < -0.39 is 0 Å². The molecule has 0 atom stereocenters. The number of hydrogen-bond acceptors (Lipinski definition) is 5. The maximum atomic E-state index is 4.98. The summed E-state index contributed by atoms with van der Waals surface area (Å²) in [6, 6.07) is 22.9. The Kier molecular flexibility index (Phi) is 5.53. The molecule has 0 unspecified atom stereocenters. The van der Waals surface area contributed by atoms with Gasteiger partial charge >= 0.3 is 0 Å². The largest absolute Gasteiger partial charge is 0.338 e. The second-order valence-corrected chi connectivity index (χ2v) is 7.15. The topological polar surface area (TPSA) is 35.5 Å². The number of hydrogen-bond donors (Lipinski definition) is 0. The monoisotopic (exact) mass is 373 g/mol. The number of likely N-dealkylation sites (N-methyl/N-ethyl adjacent to an activating group) is 1. The van der Waals surface area contributed by atoms with Crippen molar-refractivity contribution in [1.29, 1.82) is 0 Å². The van der Waals surface area contributed by atoms with Gasteiger partial charge in [0.1, 0.15) is 5.82 Å². The first-order chi connectivity index (χ1) is 13.7. The Balaban J connectivity index is 1.77. The molecule has 1 aliphatic heterocycles. The van der Waals surface area contributed by atoms with E-state index in [-0.39, 0.29) is 0 Å². The Morgan fingerprint density at radius 1 is 0.857 bits per heavy atom. The van der Waals surface area contributed by atoms with Gasteiger partial charge in [-0.15, -0.1) is 0 Å². The molecule has 4 rings (SSSR count). The number of piperazine rings is 1. The Labute approximate surface area is 167 Å². The molecular formula is C23H27N5. The third kappa shape index (κ3) is 3.99. The van der Waals surface area contributed by atoms with Crippen molar-refractivity contribution in [3.8, 4) is 11.3 Å². The third-order valence-electron chi connectivity index (χ3n) is 5.22. The summed E-state index contributed by atoms with van der Waals surface area (Å²) in [5.74, 6) is 1.76. The lowest BCUT2D eigenvalue weighted by atomic mass is 10.1. The molecule has 3 aromatic rings. The summed E-state index contributed by atoms with van der Waals surface area (Å²) < 4.78 is 0. The average Bonchev–Trinajstić information content (AvgIpc) is 2.76. The highest BCUT2D eigenvalue weighted by Gasteiger charge is 2.20. The number of aromatic nitrogens is 2. The van der Waals surface area contributed by atoms with E-state index in [0.29, 0.717) is 0 Å². The van der Waals surface area contributed by atoms with E-state index in [9.17, 15) is 0 Å². The Morgan fingerprint density at radius 2 is 1.50 bits per heavy atom. The Morgan fingerprint density at radius 3 is 2.14 bits per heavy atom. The van der Waals surface area contributed by atoms with Gasteiger partial charge in [0.25, 0.3) is 0 Å². The number of rotatable bonds is 5. The summed E-state index contributed by atoms with van der Waals surface area (Å²) in [7, 11) is 2.16. The summed E-state index contributed by atoms with van der Waals surface area (Å²) in [4.78, 5) is 16.8. The summed E-state index contributed by atoms with van der Waals surface area (Å²) in [6.45, 7) is 6.97. The summed E-state index contributed by atoms with van der Waals surface area (Å²) in [5.41, 5.74) is 3.23. The summed E-state index contributed by atoms with van der Waals surface area (Å²) >= 11 is 0. The van der Waals surface area contributed by atoms with Crippen LogP contribution in [0, 0.1) is 0 Å². The van der Waals surface area contributed by atoms with Crippen molar-refractivity contribution >= 4 is 17.5 Å². The molecule has 2 heterocycles. The van der Waals surface area contributed by atoms with E-state index in [0.717, 1.165) is 61.4 Å². The number of anilines is 3. The van der Waals surface area contributed by atoms with Crippen molar-refractivity contribution in [3.63, 3.8) is 0 Å². The van der Waals surface area contributed by atoms with Gasteiger partial charge in [0.2, 0.25) is 5.95 Å². The van der Waals surface area contributed by atoms with Crippen molar-refractivity contribution in [1.82, 2.24) is 14.9 Å². The minimum Gasteiger partial charge on any atom is -0.338 e. The molecule has 0 saturated carbocycles. The Hall–Kier alpha value is -2.92. The van der Waals surface area contributed by atoms with Crippen LogP contribution in [-0.2, 0) is 0 Å². The molecular weight excluding hydrogens is 346 g/mol. The predicted molar refractivity (Wildman–Crippen MR) is 116 cm³/mol. The van der Waals surface area contributed by atoms with Gasteiger partial charge in [-0.05, 0) is 26.1 Å². The molecule has 0 radical (unpaired) electrons. The highest BCUT2D eigenvalue weighted by molar-refractivity contribution is 5.69. The first-order valence-corrected chi connectivity index (χ1v) is 9.95. The minimum atomic E-state index is 0.818. The van der Waals surface area contributed by atoms with Crippen molar-refractivity contribution in [2.24, 2.45) is 0 Å². The van der Waals surface area contributed by atoms with E-state index in [4.69, 9.17) is 9.97 Å². The fraction of sp³-hybridized carbons (Fsp3) is 0.304. The zero-order valence-electron chi connectivity index (χ0n) is 16.6. The van der Waals surface area contributed by atoms with Crippen LogP contribution in [-0.4, -0.2) is 54.6 Å². The van der Waals surface area contributed by atoms with Crippen LogP contribution in [0.25, 0.3) is 11.3 Å². The van der Waals surface area contributed by atoms with Gasteiger partial charge in [-0.2, -0.15) is 4.98 Å². The van der Waals surface area contributed by atoms with Crippen molar-refractivity contribution in [2.75, 3.05) is 49.6 Å². The van der Waals surface area contributed by atoms with Crippen LogP contribution in [0.2, 0.25) is 0 Å². The van der Waals surface area contributed by atoms with Crippen LogP contribution >= 0.6 is 0 Å². The molecule has 0 bridgehead atoms. The molecule has 144 valence electrons. The van der Waals surface area contributed by atoms with Gasteiger partial charge in [0, 0.05) is 50.0 Å². The van der Waals surface area contributed by atoms with Crippen molar-refractivity contribution < 1.29 is 0 Å². The number of benzene rings is 2. The SMILES string of the molecule is CCN(c1ccccc1)c1cc(-c2ccccc2)nc(N2CCN(C)CC2)n1. The van der Waals surface area contributed by atoms with E-state index in [1.807, 2.05) is 12.1 Å². The van der Waals surface area contributed by atoms with E-state index in [1.165, 1.54) is 0 Å². The maximum Gasteiger partial charge on any atom is 0.227 e. The molecule has 5 heteroatoms. The Bertz CT molecular complexity index is 889. The average molecular weight is 374 g/mol. The zero-order valence-corrected chi connectivity index (χ0v) is 16.6. The van der Waals surface area contributed by atoms with Crippen molar-refractivity contribution in [3.05, 3.63) is 66.7 Å². The van der Waals surface area contributed by atoms with E-state index in [2.05, 4.69) is 83.3 Å². The first kappa shape index (κ1) is 18.4. The van der Waals surface area contributed by atoms with Crippen LogP contribution in [0.4, 0.5) is 17.5 Å². The lowest BCUT2D eigenvalue weighted by Gasteiger charge is -2.33. The van der Waals surface area contributed by atoms with Gasteiger partial charge < -0.3 is 14.7 Å². The van der Waals surface area contributed by atoms with E-state index >= 15 is 0 Å². The molecule has 0 amide bonds. The third-order valence-corrected chi connectivity index (χ3v) is 5.22. The lowest BCUT2D eigenvalue weighted by molar-refractivity contribution is 0.311. The highest BCUT2D eigenvalue weighted by Crippen LogP contribution is 2.29. The molecule has 28 heavy (non-hydrogen) atoms. The molecule has 1 fully saturated rings. The quantitative estimate of drug-likeness (QED) is 0.674. The normalized spacial score (nSPS) is 14.9. The molecule has 1 saturated heterocycles. The molecule has 1 aromatic heterocycles. The molecule has 0 N–H and O–H groups in total. The summed E-state index contributed by atoms with van der Waals surface area (Å²) in [6.07, 6.45) is 0. The first-order valence-electron chi connectivity index (χ1n) is 9.95. The van der Waals surface area contributed by atoms with Crippen LogP contribution in [0.1, 0.15) is 6.92 Å². The van der Waals surface area contributed by atoms with Gasteiger partial charge in [0.05, 0.1) is 5.69 Å². The van der Waals surface area contributed by atoms with Crippen LogP contribution in [0.15, 0.2) is 66.7 Å². The maximum absolute atomic E-state index is 4.98. The second-order valence-electron chi connectivity index (χ2n) is 7.15. The fourth-order valence-electron chi connectivity index (χ4n) is 3.55. The van der Waals surface area contributed by atoms with E-state index in [1.54, 1.807) is 0 Å². The summed E-state index contributed by atoms with van der Waals surface area (Å²) in [5, 5.41) is 0. The molecule has 1 aliphatic rings. The second kappa shape index (κ2) is 8.40. The molecule has 2 aromatic carbocycles. The molecule has 0 aliphatic carbocycles. The van der Waals surface area contributed by atoms with Gasteiger partial charge in [-0.1, -0.05) is 48.5 Å². The lowest BCUT2D eigenvalue weighted by Crippen LogP contribution is -2.45. The zero-order chi connectivity index (χ0) is 19.3. The molecule has 5 nitrogen and oxygen atoms in total. The van der Waals surface area contributed by atoms with Gasteiger partial charge in [-0.3, -0.25) is 0 Å². The van der Waals surface area contributed by atoms with Crippen LogP contribution in [0.3, 0.4) is 0 Å². The van der Waals surface area contributed by atoms with Crippen LogP contribution < -0.4 is 9.80 Å². The van der Waals surface area contributed by atoms with Gasteiger partial charge in [0.15, 0.2) is 0 Å². The minimum absolute atomic E-state index is 0.818. The number of nitrogens with zero attached hydrogens (tertiary/aromatic N) is 5. The van der Waals surface area contributed by atoms with Crippen molar-refractivity contribution in [2.45, 2.75) is 6.92 Å². The van der Waals surface area contributed by atoms with Crippen LogP contribution in [0.5, 0.6) is 0 Å².